The first kappa shape index (κ1) is 17.4. The van der Waals surface area contributed by atoms with E-state index in [9.17, 15) is 8.78 Å². The summed E-state index contributed by atoms with van der Waals surface area (Å²) in [6.07, 6.45) is 3.11. The molecule has 3 aromatic heterocycles. The zero-order chi connectivity index (χ0) is 19.2. The lowest BCUT2D eigenvalue weighted by molar-refractivity contribution is -0.0138. The van der Waals surface area contributed by atoms with Crippen LogP contribution in [0.5, 0.6) is 11.9 Å². The minimum atomic E-state index is -2.76. The molecular weight excluding hydrogens is 358 g/mol. The van der Waals surface area contributed by atoms with Crippen molar-refractivity contribution < 1.29 is 18.3 Å². The summed E-state index contributed by atoms with van der Waals surface area (Å²) in [7, 11) is 2.93. The van der Waals surface area contributed by atoms with Gasteiger partial charge in [-0.05, 0) is 0 Å². The topological polar surface area (TPSA) is 77.7 Å². The minimum Gasteiger partial charge on any atom is -0.480 e. The molecule has 4 rings (SSSR count). The monoisotopic (exact) mass is 376 g/mol. The van der Waals surface area contributed by atoms with Gasteiger partial charge in [0.05, 0.1) is 38.2 Å². The first-order chi connectivity index (χ1) is 12.9. The number of hydrogen-bond acceptors (Lipinski definition) is 7. The molecule has 0 N–H and O–H groups in total. The number of anilines is 1. The van der Waals surface area contributed by atoms with Crippen molar-refractivity contribution in [2.45, 2.75) is 12.8 Å². The van der Waals surface area contributed by atoms with Crippen molar-refractivity contribution in [3.63, 3.8) is 0 Å². The highest BCUT2D eigenvalue weighted by atomic mass is 19.3. The lowest BCUT2D eigenvalue weighted by Crippen LogP contribution is -2.27. The normalized spacial score (nSPS) is 18.9. The standard InChI is InChI=1S/C17H18F2N6O2/c1-10-8-24(9-17(10,18)19)14-6-12(22-13-4-5-21-25(13)14)11-7-20-16(27-3)23-15(11)26-2/h4-7,10H,8-9H2,1-3H3. The van der Waals surface area contributed by atoms with E-state index in [0.29, 0.717) is 22.7 Å². The third-order valence-electron chi connectivity index (χ3n) is 4.67. The van der Waals surface area contributed by atoms with Crippen molar-refractivity contribution in [3.8, 4) is 23.1 Å². The summed E-state index contributed by atoms with van der Waals surface area (Å²) < 4.78 is 40.1. The van der Waals surface area contributed by atoms with Gasteiger partial charge in [-0.2, -0.15) is 14.6 Å². The van der Waals surface area contributed by atoms with Gasteiger partial charge in [0.15, 0.2) is 5.65 Å². The molecule has 0 spiro atoms. The molecule has 3 aromatic rings. The Morgan fingerprint density at radius 3 is 2.70 bits per heavy atom. The largest absolute Gasteiger partial charge is 0.480 e. The van der Waals surface area contributed by atoms with Crippen LogP contribution in [0.25, 0.3) is 16.9 Å². The van der Waals surface area contributed by atoms with E-state index in [2.05, 4.69) is 20.1 Å². The van der Waals surface area contributed by atoms with Crippen LogP contribution in [0.15, 0.2) is 24.5 Å². The first-order valence-corrected chi connectivity index (χ1v) is 8.36. The maximum Gasteiger partial charge on any atom is 0.319 e. The smallest absolute Gasteiger partial charge is 0.319 e. The van der Waals surface area contributed by atoms with Crippen LogP contribution in [0.3, 0.4) is 0 Å². The molecule has 1 unspecified atom stereocenters. The highest BCUT2D eigenvalue weighted by molar-refractivity contribution is 5.70. The first-order valence-electron chi connectivity index (χ1n) is 8.36. The van der Waals surface area contributed by atoms with Gasteiger partial charge in [-0.25, -0.2) is 18.7 Å². The summed E-state index contributed by atoms with van der Waals surface area (Å²) in [4.78, 5) is 14.4. The SMILES string of the molecule is COc1ncc(-c2cc(N3CC(C)C(F)(F)C3)n3nccc3n2)c(OC)n1. The van der Waals surface area contributed by atoms with Crippen LogP contribution in [0.4, 0.5) is 14.6 Å². The van der Waals surface area contributed by atoms with E-state index >= 15 is 0 Å². The van der Waals surface area contributed by atoms with Gasteiger partial charge in [0.1, 0.15) is 5.82 Å². The third kappa shape index (κ3) is 2.90. The van der Waals surface area contributed by atoms with Gasteiger partial charge in [-0.1, -0.05) is 6.92 Å². The molecule has 4 heterocycles. The van der Waals surface area contributed by atoms with E-state index in [1.807, 2.05) is 0 Å². The highest BCUT2D eigenvalue weighted by Crippen LogP contribution is 2.37. The quantitative estimate of drug-likeness (QED) is 0.691. The molecule has 0 aliphatic carbocycles. The molecule has 0 bridgehead atoms. The number of nitrogens with zero attached hydrogens (tertiary/aromatic N) is 6. The maximum absolute atomic E-state index is 14.1. The Bertz CT molecular complexity index is 993. The van der Waals surface area contributed by atoms with E-state index in [1.54, 1.807) is 34.7 Å². The fraction of sp³-hybridized carbons (Fsp3) is 0.412. The van der Waals surface area contributed by atoms with E-state index in [-0.39, 0.29) is 25.0 Å². The predicted octanol–water partition coefficient (Wildman–Crippen LogP) is 2.29. The Balaban J connectivity index is 1.85. The third-order valence-corrected chi connectivity index (χ3v) is 4.67. The molecule has 8 nitrogen and oxygen atoms in total. The number of halogens is 2. The highest BCUT2D eigenvalue weighted by Gasteiger charge is 2.46. The predicted molar refractivity (Wildman–Crippen MR) is 93.4 cm³/mol. The zero-order valence-electron chi connectivity index (χ0n) is 15.1. The van der Waals surface area contributed by atoms with Gasteiger partial charge in [-0.15, -0.1) is 0 Å². The summed E-state index contributed by atoms with van der Waals surface area (Å²) >= 11 is 0. The van der Waals surface area contributed by atoms with Crippen molar-refractivity contribution in [1.29, 1.82) is 0 Å². The maximum atomic E-state index is 14.1. The second kappa shape index (κ2) is 6.29. The molecule has 10 heteroatoms. The molecular formula is C17H18F2N6O2. The van der Waals surface area contributed by atoms with Crippen LogP contribution < -0.4 is 14.4 Å². The number of methoxy groups -OCH3 is 2. The Hall–Kier alpha value is -3.04. The Kier molecular flexibility index (Phi) is 4.05. The zero-order valence-corrected chi connectivity index (χ0v) is 15.1. The number of aromatic nitrogens is 5. The van der Waals surface area contributed by atoms with Crippen LogP contribution in [-0.4, -0.2) is 57.8 Å². The van der Waals surface area contributed by atoms with Gasteiger partial charge < -0.3 is 14.4 Å². The van der Waals surface area contributed by atoms with Crippen LogP contribution in [0.1, 0.15) is 6.92 Å². The van der Waals surface area contributed by atoms with E-state index in [0.717, 1.165) is 0 Å². The van der Waals surface area contributed by atoms with Crippen LogP contribution in [0, 0.1) is 5.92 Å². The number of alkyl halides is 2. The van der Waals surface area contributed by atoms with Crippen LogP contribution in [-0.2, 0) is 0 Å². The molecule has 1 atom stereocenters. The molecule has 0 aromatic carbocycles. The van der Waals surface area contributed by atoms with Gasteiger partial charge in [0.25, 0.3) is 5.92 Å². The average molecular weight is 376 g/mol. The molecule has 1 aliphatic heterocycles. The van der Waals surface area contributed by atoms with E-state index < -0.39 is 11.8 Å². The fourth-order valence-electron chi connectivity index (χ4n) is 3.15. The van der Waals surface area contributed by atoms with Crippen molar-refractivity contribution in [1.82, 2.24) is 24.6 Å². The summed E-state index contributed by atoms with van der Waals surface area (Å²) in [5.41, 5.74) is 1.56. The molecule has 0 radical (unpaired) electrons. The van der Waals surface area contributed by atoms with Crippen molar-refractivity contribution >= 4 is 11.5 Å². The number of rotatable bonds is 4. The van der Waals surface area contributed by atoms with Crippen LogP contribution in [0.2, 0.25) is 0 Å². The van der Waals surface area contributed by atoms with E-state index in [4.69, 9.17) is 9.47 Å². The second-order valence-corrected chi connectivity index (χ2v) is 6.42. The molecule has 1 fully saturated rings. The Morgan fingerprint density at radius 2 is 2.04 bits per heavy atom. The molecule has 27 heavy (non-hydrogen) atoms. The second-order valence-electron chi connectivity index (χ2n) is 6.42. The number of ether oxygens (including phenoxy) is 2. The molecule has 0 amide bonds. The summed E-state index contributed by atoms with van der Waals surface area (Å²) in [6.45, 7) is 1.40. The van der Waals surface area contributed by atoms with E-state index in [1.165, 1.54) is 20.4 Å². The Morgan fingerprint density at radius 1 is 1.22 bits per heavy atom. The number of hydrogen-bond donors (Lipinski definition) is 0. The summed E-state index contributed by atoms with van der Waals surface area (Å²) in [6, 6.07) is 3.57. The molecule has 1 aliphatic rings. The van der Waals surface area contributed by atoms with Gasteiger partial charge >= 0.3 is 6.01 Å². The molecule has 0 saturated carbocycles. The fourth-order valence-corrected chi connectivity index (χ4v) is 3.15. The Labute approximate surface area is 153 Å². The summed E-state index contributed by atoms with van der Waals surface area (Å²) in [5, 5.41) is 4.23. The van der Waals surface area contributed by atoms with Crippen molar-refractivity contribution in [2.24, 2.45) is 5.92 Å². The van der Waals surface area contributed by atoms with Crippen LogP contribution >= 0.6 is 0 Å². The molecule has 1 saturated heterocycles. The summed E-state index contributed by atoms with van der Waals surface area (Å²) in [5.74, 6) is -2.70. The average Bonchev–Trinajstić information content (AvgIpc) is 3.24. The van der Waals surface area contributed by atoms with Crippen molar-refractivity contribution in [2.75, 3.05) is 32.2 Å². The van der Waals surface area contributed by atoms with Gasteiger partial charge in [0, 0.05) is 30.8 Å². The minimum absolute atomic E-state index is 0.161. The van der Waals surface area contributed by atoms with Crippen molar-refractivity contribution in [3.05, 3.63) is 24.5 Å². The number of fused-ring (bicyclic) bond motifs is 1. The lowest BCUT2D eigenvalue weighted by Gasteiger charge is -2.20. The van der Waals surface area contributed by atoms with Gasteiger partial charge in [-0.3, -0.25) is 0 Å². The molecule has 142 valence electrons. The van der Waals surface area contributed by atoms with Gasteiger partial charge in [0.2, 0.25) is 5.88 Å². The lowest BCUT2D eigenvalue weighted by atomic mass is 10.1.